The van der Waals surface area contributed by atoms with E-state index in [1.165, 1.54) is 0 Å². The van der Waals surface area contributed by atoms with Crippen LogP contribution < -0.4 is 10.5 Å². The van der Waals surface area contributed by atoms with Gasteiger partial charge in [-0.3, -0.25) is 4.98 Å². The molecule has 0 saturated carbocycles. The van der Waals surface area contributed by atoms with E-state index >= 15 is 0 Å². The summed E-state index contributed by atoms with van der Waals surface area (Å²) < 4.78 is 5.67. The van der Waals surface area contributed by atoms with Crippen LogP contribution in [0.15, 0.2) is 36.5 Å². The number of ether oxygens (including phenoxy) is 1. The standard InChI is InChI=1S/C14H18N2O/c1-11(15)4-3-9-17-13-7-6-12-5-2-8-16-14(12)10-13/h2,5-8,10-11H,3-4,9,15H2,1H3. The number of rotatable bonds is 5. The summed E-state index contributed by atoms with van der Waals surface area (Å²) in [4.78, 5) is 4.30. The van der Waals surface area contributed by atoms with Crippen LogP contribution in [-0.4, -0.2) is 17.6 Å². The average Bonchev–Trinajstić information content (AvgIpc) is 2.34. The van der Waals surface area contributed by atoms with E-state index in [-0.39, 0.29) is 6.04 Å². The van der Waals surface area contributed by atoms with E-state index in [2.05, 4.69) is 4.98 Å². The van der Waals surface area contributed by atoms with Crippen molar-refractivity contribution in [1.82, 2.24) is 4.98 Å². The number of aromatic nitrogens is 1. The largest absolute Gasteiger partial charge is 0.494 e. The van der Waals surface area contributed by atoms with Crippen LogP contribution in [0, 0.1) is 0 Å². The molecule has 17 heavy (non-hydrogen) atoms. The molecule has 2 N–H and O–H groups in total. The second kappa shape index (κ2) is 5.64. The van der Waals surface area contributed by atoms with Crippen LogP contribution in [0.3, 0.4) is 0 Å². The van der Waals surface area contributed by atoms with Gasteiger partial charge in [-0.15, -0.1) is 0 Å². The first-order valence-corrected chi connectivity index (χ1v) is 5.99. The third-order valence-corrected chi connectivity index (χ3v) is 2.65. The Balaban J connectivity index is 1.95. The van der Waals surface area contributed by atoms with E-state index in [4.69, 9.17) is 10.5 Å². The SMILES string of the molecule is CC(N)CCCOc1ccc2cccnc2c1. The molecule has 1 aromatic heterocycles. The van der Waals surface area contributed by atoms with Crippen molar-refractivity contribution in [2.24, 2.45) is 5.73 Å². The normalized spacial score (nSPS) is 12.6. The molecule has 3 nitrogen and oxygen atoms in total. The van der Waals surface area contributed by atoms with Gasteiger partial charge in [0.1, 0.15) is 5.75 Å². The Morgan fingerprint density at radius 1 is 1.35 bits per heavy atom. The summed E-state index contributed by atoms with van der Waals surface area (Å²) in [6, 6.07) is 10.2. The van der Waals surface area contributed by atoms with Crippen LogP contribution in [0.4, 0.5) is 0 Å². The number of fused-ring (bicyclic) bond motifs is 1. The molecule has 0 aliphatic rings. The van der Waals surface area contributed by atoms with Gasteiger partial charge in [0.15, 0.2) is 0 Å². The minimum Gasteiger partial charge on any atom is -0.494 e. The van der Waals surface area contributed by atoms with Gasteiger partial charge in [-0.05, 0) is 38.0 Å². The highest BCUT2D eigenvalue weighted by Gasteiger charge is 1.99. The maximum absolute atomic E-state index is 5.68. The van der Waals surface area contributed by atoms with E-state index < -0.39 is 0 Å². The van der Waals surface area contributed by atoms with Crippen LogP contribution in [0.1, 0.15) is 19.8 Å². The number of pyridine rings is 1. The molecule has 2 rings (SSSR count). The topological polar surface area (TPSA) is 48.1 Å². The van der Waals surface area contributed by atoms with Gasteiger partial charge in [0.25, 0.3) is 0 Å². The van der Waals surface area contributed by atoms with Crippen LogP contribution in [-0.2, 0) is 0 Å². The lowest BCUT2D eigenvalue weighted by molar-refractivity contribution is 0.303. The zero-order valence-corrected chi connectivity index (χ0v) is 10.1. The van der Waals surface area contributed by atoms with E-state index in [0.717, 1.165) is 29.5 Å². The second-order valence-corrected chi connectivity index (χ2v) is 4.33. The second-order valence-electron chi connectivity index (χ2n) is 4.33. The predicted octanol–water partition coefficient (Wildman–Crippen LogP) is 2.74. The summed E-state index contributed by atoms with van der Waals surface area (Å²) in [5.41, 5.74) is 6.65. The highest BCUT2D eigenvalue weighted by Crippen LogP contribution is 2.18. The molecule has 0 amide bonds. The van der Waals surface area contributed by atoms with Crippen LogP contribution in [0.25, 0.3) is 10.9 Å². The third-order valence-electron chi connectivity index (χ3n) is 2.65. The molecule has 1 aromatic carbocycles. The van der Waals surface area contributed by atoms with Crippen molar-refractivity contribution in [2.75, 3.05) is 6.61 Å². The molecule has 0 saturated heterocycles. The van der Waals surface area contributed by atoms with E-state index in [9.17, 15) is 0 Å². The zero-order chi connectivity index (χ0) is 12.1. The molecular formula is C14H18N2O. The maximum Gasteiger partial charge on any atom is 0.121 e. The molecule has 0 aliphatic heterocycles. The van der Waals surface area contributed by atoms with Gasteiger partial charge in [0.05, 0.1) is 12.1 Å². The highest BCUT2D eigenvalue weighted by molar-refractivity contribution is 5.79. The molecule has 0 bridgehead atoms. The fraction of sp³-hybridized carbons (Fsp3) is 0.357. The molecule has 1 atom stereocenters. The molecule has 0 radical (unpaired) electrons. The van der Waals surface area contributed by atoms with Crippen LogP contribution in [0.2, 0.25) is 0 Å². The Kier molecular flexibility index (Phi) is 3.94. The van der Waals surface area contributed by atoms with Crippen molar-refractivity contribution in [3.05, 3.63) is 36.5 Å². The minimum atomic E-state index is 0.247. The van der Waals surface area contributed by atoms with E-state index in [1.54, 1.807) is 6.20 Å². The molecule has 1 unspecified atom stereocenters. The summed E-state index contributed by atoms with van der Waals surface area (Å²) in [7, 11) is 0. The van der Waals surface area contributed by atoms with Crippen molar-refractivity contribution < 1.29 is 4.74 Å². The zero-order valence-electron chi connectivity index (χ0n) is 10.1. The molecule has 3 heteroatoms. The molecule has 0 spiro atoms. The van der Waals surface area contributed by atoms with Crippen molar-refractivity contribution in [3.8, 4) is 5.75 Å². The fourth-order valence-electron chi connectivity index (χ4n) is 1.73. The lowest BCUT2D eigenvalue weighted by Crippen LogP contribution is -2.15. The Hall–Kier alpha value is -1.61. The molecule has 0 aliphatic carbocycles. The van der Waals surface area contributed by atoms with Gasteiger partial charge in [-0.2, -0.15) is 0 Å². The first-order chi connectivity index (χ1) is 8.25. The van der Waals surface area contributed by atoms with Gasteiger partial charge < -0.3 is 10.5 Å². The number of hydrogen-bond acceptors (Lipinski definition) is 3. The molecular weight excluding hydrogens is 212 g/mol. The predicted molar refractivity (Wildman–Crippen MR) is 70.1 cm³/mol. The van der Waals surface area contributed by atoms with Crippen LogP contribution >= 0.6 is 0 Å². The number of nitrogens with two attached hydrogens (primary N) is 1. The monoisotopic (exact) mass is 230 g/mol. The number of hydrogen-bond donors (Lipinski definition) is 1. The van der Waals surface area contributed by atoms with Gasteiger partial charge in [-0.25, -0.2) is 0 Å². The smallest absolute Gasteiger partial charge is 0.121 e. The van der Waals surface area contributed by atoms with E-state index in [0.29, 0.717) is 6.61 Å². The molecule has 0 fully saturated rings. The summed E-state index contributed by atoms with van der Waals surface area (Å²) in [6.07, 6.45) is 3.77. The van der Waals surface area contributed by atoms with Gasteiger partial charge in [0.2, 0.25) is 0 Å². The summed E-state index contributed by atoms with van der Waals surface area (Å²) in [5.74, 6) is 0.876. The van der Waals surface area contributed by atoms with E-state index in [1.807, 2.05) is 37.3 Å². The minimum absolute atomic E-state index is 0.247. The quantitative estimate of drug-likeness (QED) is 0.803. The van der Waals surface area contributed by atoms with Crippen molar-refractivity contribution in [3.63, 3.8) is 0 Å². The number of benzene rings is 1. The lowest BCUT2D eigenvalue weighted by Gasteiger charge is -2.08. The highest BCUT2D eigenvalue weighted by atomic mass is 16.5. The van der Waals surface area contributed by atoms with Crippen LogP contribution in [0.5, 0.6) is 5.75 Å². The first-order valence-electron chi connectivity index (χ1n) is 5.99. The van der Waals surface area contributed by atoms with Gasteiger partial charge >= 0.3 is 0 Å². The average molecular weight is 230 g/mol. The Bertz CT molecular complexity index is 482. The van der Waals surface area contributed by atoms with Gasteiger partial charge in [-0.1, -0.05) is 6.07 Å². The Morgan fingerprint density at radius 3 is 3.06 bits per heavy atom. The maximum atomic E-state index is 5.68. The molecule has 90 valence electrons. The first kappa shape index (κ1) is 11.9. The van der Waals surface area contributed by atoms with Crippen molar-refractivity contribution >= 4 is 10.9 Å². The van der Waals surface area contributed by atoms with Crippen molar-refractivity contribution in [1.29, 1.82) is 0 Å². The summed E-state index contributed by atoms with van der Waals surface area (Å²) in [6.45, 7) is 2.72. The Morgan fingerprint density at radius 2 is 2.24 bits per heavy atom. The summed E-state index contributed by atoms with van der Waals surface area (Å²) in [5, 5.41) is 1.13. The molecule has 2 aromatic rings. The number of nitrogens with zero attached hydrogens (tertiary/aromatic N) is 1. The van der Waals surface area contributed by atoms with Gasteiger partial charge in [0, 0.05) is 23.7 Å². The fourth-order valence-corrected chi connectivity index (χ4v) is 1.73. The molecule has 1 heterocycles. The van der Waals surface area contributed by atoms with Crippen molar-refractivity contribution in [2.45, 2.75) is 25.8 Å². The lowest BCUT2D eigenvalue weighted by atomic mass is 10.2. The Labute approximate surface area is 102 Å². The summed E-state index contributed by atoms with van der Waals surface area (Å²) >= 11 is 0. The third kappa shape index (κ3) is 3.43.